The highest BCUT2D eigenvalue weighted by Crippen LogP contribution is 2.49. The van der Waals surface area contributed by atoms with E-state index in [0.717, 1.165) is 12.0 Å². The van der Waals surface area contributed by atoms with Crippen LogP contribution in [0.25, 0.3) is 0 Å². The van der Waals surface area contributed by atoms with Gasteiger partial charge in [-0.15, -0.1) is 11.6 Å². The van der Waals surface area contributed by atoms with Gasteiger partial charge in [-0.05, 0) is 43.6 Å². The predicted molar refractivity (Wildman–Crippen MR) is 66.4 cm³/mol. The summed E-state index contributed by atoms with van der Waals surface area (Å²) < 4.78 is 13.4. The molecule has 1 saturated carbocycles. The van der Waals surface area contributed by atoms with Crippen molar-refractivity contribution in [3.8, 4) is 0 Å². The quantitative estimate of drug-likeness (QED) is 0.423. The summed E-state index contributed by atoms with van der Waals surface area (Å²) in [4.78, 5) is 3.81. The fourth-order valence-electron chi connectivity index (χ4n) is 1.68. The fourth-order valence-corrected chi connectivity index (χ4v) is 1.94. The standard InChI is InChI=1S/C12H12BClFN/c1-7-3-4-9(15)10(5-7)16-11(13)8-6-12(8,2)14/h3-5,8H,6H2,1-2H3. The van der Waals surface area contributed by atoms with E-state index in [4.69, 9.17) is 19.4 Å². The van der Waals surface area contributed by atoms with E-state index >= 15 is 0 Å². The Balaban J connectivity index is 2.26. The number of halogens is 2. The van der Waals surface area contributed by atoms with Gasteiger partial charge in [0.1, 0.15) is 13.7 Å². The summed E-state index contributed by atoms with van der Waals surface area (Å²) in [5, 5.41) is 0. The molecule has 2 rings (SSSR count). The molecule has 1 nitrogen and oxygen atoms in total. The highest BCUT2D eigenvalue weighted by molar-refractivity contribution is 6.62. The smallest absolute Gasteiger partial charge is 0.148 e. The largest absolute Gasteiger partial charge is 0.266 e. The van der Waals surface area contributed by atoms with E-state index < -0.39 is 0 Å². The fraction of sp³-hybridized carbons (Fsp3) is 0.417. The first-order chi connectivity index (χ1) is 7.40. The van der Waals surface area contributed by atoms with Gasteiger partial charge in [0.25, 0.3) is 0 Å². The number of hydrogen-bond donors (Lipinski definition) is 0. The Labute approximate surface area is 101 Å². The number of hydrogen-bond acceptors (Lipinski definition) is 1. The zero-order chi connectivity index (χ0) is 11.9. The minimum absolute atomic E-state index is 0.0640. The third-order valence-corrected chi connectivity index (χ3v) is 3.30. The van der Waals surface area contributed by atoms with E-state index in [0.29, 0.717) is 5.61 Å². The zero-order valence-electron chi connectivity index (χ0n) is 9.30. The van der Waals surface area contributed by atoms with Gasteiger partial charge >= 0.3 is 0 Å². The van der Waals surface area contributed by atoms with Crippen LogP contribution in [0.1, 0.15) is 18.9 Å². The Hall–Kier alpha value is -0.825. The van der Waals surface area contributed by atoms with Gasteiger partial charge in [0.15, 0.2) is 0 Å². The van der Waals surface area contributed by atoms with Gasteiger partial charge in [0, 0.05) is 10.8 Å². The molecule has 2 atom stereocenters. The SMILES string of the molecule is [B]C(=Nc1cc(C)ccc1F)C1CC1(C)Cl. The van der Waals surface area contributed by atoms with Gasteiger partial charge in [-0.3, -0.25) is 4.99 Å². The minimum atomic E-state index is -0.356. The van der Waals surface area contributed by atoms with Gasteiger partial charge in [-0.25, -0.2) is 4.39 Å². The molecule has 1 aromatic carbocycles. The molecule has 4 heteroatoms. The van der Waals surface area contributed by atoms with Crippen molar-refractivity contribution in [2.24, 2.45) is 10.9 Å². The zero-order valence-corrected chi connectivity index (χ0v) is 10.1. The molecule has 0 aromatic heterocycles. The topological polar surface area (TPSA) is 12.4 Å². The van der Waals surface area contributed by atoms with Gasteiger partial charge in [0.05, 0.1) is 5.69 Å². The molecule has 0 saturated heterocycles. The number of nitrogens with zero attached hydrogens (tertiary/aromatic N) is 1. The molecule has 0 heterocycles. The van der Waals surface area contributed by atoms with Crippen molar-refractivity contribution >= 4 is 30.7 Å². The average Bonchev–Trinajstić information content (AvgIpc) is 2.82. The summed E-state index contributed by atoms with van der Waals surface area (Å²) in [6, 6.07) is 4.78. The summed E-state index contributed by atoms with van der Waals surface area (Å²) in [6.07, 6.45) is 0.803. The Morgan fingerprint density at radius 2 is 2.25 bits per heavy atom. The number of aryl methyl sites for hydroxylation is 1. The van der Waals surface area contributed by atoms with Gasteiger partial charge in [-0.2, -0.15) is 0 Å². The van der Waals surface area contributed by atoms with Crippen molar-refractivity contribution in [2.45, 2.75) is 25.1 Å². The van der Waals surface area contributed by atoms with E-state index in [1.165, 1.54) is 6.07 Å². The van der Waals surface area contributed by atoms with Gasteiger partial charge < -0.3 is 0 Å². The van der Waals surface area contributed by atoms with E-state index in [1.807, 2.05) is 13.8 Å². The third-order valence-electron chi connectivity index (χ3n) is 2.88. The first kappa shape index (κ1) is 11.7. The van der Waals surface area contributed by atoms with Crippen molar-refractivity contribution in [2.75, 3.05) is 0 Å². The molecule has 1 fully saturated rings. The Morgan fingerprint density at radius 1 is 1.62 bits per heavy atom. The first-order valence-corrected chi connectivity index (χ1v) is 5.57. The predicted octanol–water partition coefficient (Wildman–Crippen LogP) is 3.35. The minimum Gasteiger partial charge on any atom is -0.266 e. The van der Waals surface area contributed by atoms with Gasteiger partial charge in [-0.1, -0.05) is 6.07 Å². The van der Waals surface area contributed by atoms with Crippen LogP contribution in [0, 0.1) is 18.7 Å². The van der Waals surface area contributed by atoms with Crippen molar-refractivity contribution in [1.82, 2.24) is 0 Å². The van der Waals surface area contributed by atoms with Crippen molar-refractivity contribution in [1.29, 1.82) is 0 Å². The second kappa shape index (κ2) is 3.88. The second-order valence-corrected chi connectivity index (χ2v) is 5.39. The lowest BCUT2D eigenvalue weighted by atomic mass is 9.95. The molecule has 16 heavy (non-hydrogen) atoms. The maximum Gasteiger partial charge on any atom is 0.148 e. The maximum absolute atomic E-state index is 13.4. The Morgan fingerprint density at radius 3 is 2.81 bits per heavy atom. The van der Waals surface area contributed by atoms with Crippen molar-refractivity contribution in [3.05, 3.63) is 29.6 Å². The van der Waals surface area contributed by atoms with Crippen LogP contribution in [0.5, 0.6) is 0 Å². The van der Waals surface area contributed by atoms with Gasteiger partial charge in [0.2, 0.25) is 0 Å². The lowest BCUT2D eigenvalue weighted by molar-refractivity contribution is 0.629. The summed E-state index contributed by atoms with van der Waals surface area (Å²) in [6.45, 7) is 3.80. The van der Waals surface area contributed by atoms with E-state index in [9.17, 15) is 4.39 Å². The third kappa shape index (κ3) is 2.29. The molecule has 0 aliphatic heterocycles. The Bertz CT molecular complexity index is 456. The molecule has 0 bridgehead atoms. The van der Waals surface area contributed by atoms with Crippen LogP contribution in [0.4, 0.5) is 10.1 Å². The molecule has 1 aliphatic rings. The van der Waals surface area contributed by atoms with Crippen LogP contribution in [0.2, 0.25) is 0 Å². The molecule has 1 aliphatic carbocycles. The van der Waals surface area contributed by atoms with Crippen LogP contribution in [0.15, 0.2) is 23.2 Å². The van der Waals surface area contributed by atoms with Crippen LogP contribution in [-0.2, 0) is 0 Å². The van der Waals surface area contributed by atoms with E-state index in [2.05, 4.69) is 4.99 Å². The molecule has 82 valence electrons. The van der Waals surface area contributed by atoms with Crippen LogP contribution in [-0.4, -0.2) is 18.3 Å². The summed E-state index contributed by atoms with van der Waals surface area (Å²) >= 11 is 6.08. The highest BCUT2D eigenvalue weighted by Gasteiger charge is 2.49. The van der Waals surface area contributed by atoms with E-state index in [-0.39, 0.29) is 22.3 Å². The molecule has 0 N–H and O–H groups in total. The number of benzene rings is 1. The molecule has 2 radical (unpaired) electrons. The van der Waals surface area contributed by atoms with E-state index in [1.54, 1.807) is 12.1 Å². The molecule has 0 amide bonds. The molecule has 0 spiro atoms. The monoisotopic (exact) mass is 235 g/mol. The summed E-state index contributed by atoms with van der Waals surface area (Å²) in [5.74, 6) is -0.292. The number of alkyl halides is 1. The normalized spacial score (nSPS) is 29.2. The lowest BCUT2D eigenvalue weighted by Gasteiger charge is -2.04. The summed E-state index contributed by atoms with van der Waals surface area (Å²) in [5.41, 5.74) is 1.66. The lowest BCUT2D eigenvalue weighted by Crippen LogP contribution is -2.07. The second-order valence-electron chi connectivity index (χ2n) is 4.53. The summed E-state index contributed by atoms with van der Waals surface area (Å²) in [7, 11) is 5.80. The molecule has 1 aromatic rings. The van der Waals surface area contributed by atoms with Crippen molar-refractivity contribution in [3.63, 3.8) is 0 Å². The Kier molecular flexibility index (Phi) is 2.83. The van der Waals surface area contributed by atoms with Crippen LogP contribution < -0.4 is 0 Å². The highest BCUT2D eigenvalue weighted by atomic mass is 35.5. The maximum atomic E-state index is 13.4. The number of rotatable bonds is 2. The van der Waals surface area contributed by atoms with Crippen LogP contribution in [0.3, 0.4) is 0 Å². The van der Waals surface area contributed by atoms with Crippen molar-refractivity contribution < 1.29 is 4.39 Å². The first-order valence-electron chi connectivity index (χ1n) is 5.19. The van der Waals surface area contributed by atoms with Crippen LogP contribution >= 0.6 is 11.6 Å². The molecular formula is C12H12BClFN. The molecular weight excluding hydrogens is 223 g/mol. The molecule has 2 unspecified atom stereocenters. The number of aliphatic imine (C=N–C) groups is 1. The average molecular weight is 235 g/mol.